The molecule has 0 bridgehead atoms. The zero-order valence-corrected chi connectivity index (χ0v) is 13.3. The Labute approximate surface area is 133 Å². The molecule has 0 saturated heterocycles. The molecular weight excluding hydrogens is 298 g/mol. The van der Waals surface area contributed by atoms with Crippen LogP contribution in [0.1, 0.15) is 22.2 Å². The second kappa shape index (κ2) is 6.83. The quantitative estimate of drug-likeness (QED) is 0.899. The van der Waals surface area contributed by atoms with Crippen molar-refractivity contribution in [2.45, 2.75) is 18.2 Å². The van der Waals surface area contributed by atoms with Gasteiger partial charge in [0.05, 0.1) is 6.54 Å². The molecule has 1 aliphatic heterocycles. The lowest BCUT2D eigenvalue weighted by molar-refractivity contribution is 0.240. The van der Waals surface area contributed by atoms with Gasteiger partial charge in [-0.3, -0.25) is 4.68 Å². The second-order valence-corrected chi connectivity index (χ2v) is 6.48. The monoisotopic (exact) mass is 317 g/mol. The van der Waals surface area contributed by atoms with E-state index in [4.69, 9.17) is 0 Å². The van der Waals surface area contributed by atoms with E-state index in [2.05, 4.69) is 45.0 Å². The van der Waals surface area contributed by atoms with Crippen LogP contribution in [0.25, 0.3) is 0 Å². The summed E-state index contributed by atoms with van der Waals surface area (Å²) in [7, 11) is 1.80. The topological polar surface area (TPSA) is 71.8 Å². The molecule has 6 nitrogen and oxygen atoms in total. The number of amides is 2. The molecule has 0 aliphatic carbocycles. The highest BCUT2D eigenvalue weighted by Gasteiger charge is 2.20. The van der Waals surface area contributed by atoms with Crippen LogP contribution < -0.4 is 10.6 Å². The summed E-state index contributed by atoms with van der Waals surface area (Å²) in [6.07, 6.45) is 2.58. The van der Waals surface area contributed by atoms with E-state index in [0.717, 1.165) is 18.0 Å². The van der Waals surface area contributed by atoms with E-state index in [1.807, 2.05) is 11.8 Å². The molecule has 2 N–H and O–H groups in total. The van der Waals surface area contributed by atoms with E-state index in [9.17, 15) is 4.79 Å². The minimum absolute atomic E-state index is 0.174. The lowest BCUT2D eigenvalue weighted by Crippen LogP contribution is -2.38. The van der Waals surface area contributed by atoms with E-state index in [-0.39, 0.29) is 6.03 Å². The lowest BCUT2D eigenvalue weighted by Gasteiger charge is -2.25. The Kier molecular flexibility index (Phi) is 4.62. The van der Waals surface area contributed by atoms with Gasteiger partial charge in [0, 0.05) is 18.8 Å². The molecule has 0 radical (unpaired) electrons. The van der Waals surface area contributed by atoms with Crippen molar-refractivity contribution in [3.05, 3.63) is 47.5 Å². The number of aryl methyl sites for hydroxylation is 2. The van der Waals surface area contributed by atoms with Crippen LogP contribution in [0.2, 0.25) is 0 Å². The van der Waals surface area contributed by atoms with Crippen LogP contribution in [-0.4, -0.2) is 33.1 Å². The van der Waals surface area contributed by atoms with Crippen LogP contribution in [0.3, 0.4) is 0 Å². The van der Waals surface area contributed by atoms with Crippen molar-refractivity contribution in [2.24, 2.45) is 7.05 Å². The number of thioether (sulfide) groups is 1. The molecule has 1 aromatic carbocycles. The van der Waals surface area contributed by atoms with Crippen LogP contribution >= 0.6 is 11.8 Å². The van der Waals surface area contributed by atoms with Gasteiger partial charge < -0.3 is 10.6 Å². The summed E-state index contributed by atoms with van der Waals surface area (Å²) >= 11 is 1.90. The Morgan fingerprint density at radius 3 is 3.09 bits per heavy atom. The van der Waals surface area contributed by atoms with Crippen molar-refractivity contribution in [1.82, 2.24) is 25.4 Å². The second-order valence-electron chi connectivity index (χ2n) is 5.17. The van der Waals surface area contributed by atoms with Gasteiger partial charge >= 0.3 is 6.03 Å². The molecule has 2 heterocycles. The SMILES string of the molecule is Cn1ncnc1CNC(=O)NC[C@@H]1SCCc2ccccc21. The molecule has 3 rings (SSSR count). The summed E-state index contributed by atoms with van der Waals surface area (Å²) in [5, 5.41) is 10.0. The van der Waals surface area contributed by atoms with Gasteiger partial charge in [0.2, 0.25) is 0 Å². The first-order valence-corrected chi connectivity index (χ1v) is 8.33. The highest BCUT2D eigenvalue weighted by Crippen LogP contribution is 2.35. The van der Waals surface area contributed by atoms with Gasteiger partial charge in [0.25, 0.3) is 0 Å². The molecule has 0 spiro atoms. The molecule has 2 aromatic rings. The van der Waals surface area contributed by atoms with Gasteiger partial charge in [0.1, 0.15) is 12.2 Å². The number of urea groups is 1. The number of aromatic nitrogens is 3. The molecule has 0 saturated carbocycles. The molecule has 1 aromatic heterocycles. The largest absolute Gasteiger partial charge is 0.337 e. The third-order valence-corrected chi connectivity index (χ3v) is 5.02. The first-order valence-electron chi connectivity index (χ1n) is 7.28. The number of hydrogen-bond donors (Lipinski definition) is 2. The molecular formula is C15H19N5OS. The average Bonchev–Trinajstić information content (AvgIpc) is 2.96. The Bertz CT molecular complexity index is 657. The molecule has 2 amide bonds. The smallest absolute Gasteiger partial charge is 0.315 e. The molecule has 7 heteroatoms. The lowest BCUT2D eigenvalue weighted by atomic mass is 10.0. The Balaban J connectivity index is 1.51. The molecule has 0 unspecified atom stereocenters. The van der Waals surface area contributed by atoms with Crippen LogP contribution in [-0.2, 0) is 20.0 Å². The van der Waals surface area contributed by atoms with Crippen molar-refractivity contribution in [1.29, 1.82) is 0 Å². The zero-order valence-electron chi connectivity index (χ0n) is 12.5. The van der Waals surface area contributed by atoms with Crippen molar-refractivity contribution in [3.8, 4) is 0 Å². The van der Waals surface area contributed by atoms with Crippen molar-refractivity contribution >= 4 is 17.8 Å². The van der Waals surface area contributed by atoms with Gasteiger partial charge in [0.15, 0.2) is 0 Å². The minimum atomic E-state index is -0.174. The number of nitrogens with one attached hydrogen (secondary N) is 2. The van der Waals surface area contributed by atoms with Crippen LogP contribution in [0, 0.1) is 0 Å². The Morgan fingerprint density at radius 1 is 1.41 bits per heavy atom. The van der Waals surface area contributed by atoms with Gasteiger partial charge in [-0.05, 0) is 23.3 Å². The fourth-order valence-corrected chi connectivity index (χ4v) is 3.77. The van der Waals surface area contributed by atoms with Crippen LogP contribution in [0.15, 0.2) is 30.6 Å². The maximum atomic E-state index is 11.9. The summed E-state index contributed by atoms with van der Waals surface area (Å²) in [5.41, 5.74) is 2.74. The highest BCUT2D eigenvalue weighted by molar-refractivity contribution is 7.99. The molecule has 1 atom stereocenters. The van der Waals surface area contributed by atoms with E-state index < -0.39 is 0 Å². The van der Waals surface area contributed by atoms with Crippen molar-refractivity contribution in [3.63, 3.8) is 0 Å². The summed E-state index contributed by atoms with van der Waals surface area (Å²) < 4.78 is 1.65. The van der Waals surface area contributed by atoms with E-state index in [1.165, 1.54) is 17.5 Å². The molecule has 116 valence electrons. The summed E-state index contributed by atoms with van der Waals surface area (Å²) in [6, 6.07) is 8.30. The number of hydrogen-bond acceptors (Lipinski definition) is 4. The number of rotatable bonds is 4. The van der Waals surface area contributed by atoms with Gasteiger partial charge in [-0.1, -0.05) is 24.3 Å². The normalized spacial score (nSPS) is 16.9. The van der Waals surface area contributed by atoms with Crippen LogP contribution in [0.5, 0.6) is 0 Å². The maximum Gasteiger partial charge on any atom is 0.315 e. The number of benzene rings is 1. The fraction of sp³-hybridized carbons (Fsp3) is 0.400. The average molecular weight is 317 g/mol. The zero-order chi connectivity index (χ0) is 15.4. The first kappa shape index (κ1) is 14.9. The number of carbonyl (C=O) groups is 1. The van der Waals surface area contributed by atoms with E-state index >= 15 is 0 Å². The predicted molar refractivity (Wildman–Crippen MR) is 86.6 cm³/mol. The van der Waals surface area contributed by atoms with E-state index in [1.54, 1.807) is 11.7 Å². The Morgan fingerprint density at radius 2 is 2.27 bits per heavy atom. The standard InChI is InChI=1S/C15H19N5OS/c1-20-14(18-10-19-20)9-17-15(21)16-8-13-12-5-3-2-4-11(12)6-7-22-13/h2-5,10,13H,6-9H2,1H3,(H2,16,17,21)/t13-/m0/s1. The van der Waals surface area contributed by atoms with Gasteiger partial charge in [-0.25, -0.2) is 9.78 Å². The predicted octanol–water partition coefficient (Wildman–Crippen LogP) is 1.64. The first-order chi connectivity index (χ1) is 10.7. The summed E-state index contributed by atoms with van der Waals surface area (Å²) in [5.74, 6) is 1.83. The fourth-order valence-electron chi connectivity index (χ4n) is 2.53. The summed E-state index contributed by atoms with van der Waals surface area (Å²) in [4.78, 5) is 16.0. The number of nitrogens with zero attached hydrogens (tertiary/aromatic N) is 3. The van der Waals surface area contributed by atoms with E-state index in [0.29, 0.717) is 18.3 Å². The summed E-state index contributed by atoms with van der Waals surface area (Å²) in [6.45, 7) is 1.00. The third kappa shape index (κ3) is 3.41. The van der Waals surface area contributed by atoms with Crippen molar-refractivity contribution < 1.29 is 4.79 Å². The third-order valence-electron chi connectivity index (χ3n) is 3.75. The minimum Gasteiger partial charge on any atom is -0.337 e. The Hall–Kier alpha value is -2.02. The molecule has 0 fully saturated rings. The highest BCUT2D eigenvalue weighted by atomic mass is 32.2. The molecule has 1 aliphatic rings. The number of fused-ring (bicyclic) bond motifs is 1. The van der Waals surface area contributed by atoms with Gasteiger partial charge in [-0.15, -0.1) is 0 Å². The molecule has 22 heavy (non-hydrogen) atoms. The van der Waals surface area contributed by atoms with Crippen LogP contribution in [0.4, 0.5) is 4.79 Å². The maximum absolute atomic E-state index is 11.9. The van der Waals surface area contributed by atoms with Crippen molar-refractivity contribution in [2.75, 3.05) is 12.3 Å². The number of carbonyl (C=O) groups excluding carboxylic acids is 1. The van der Waals surface area contributed by atoms with Gasteiger partial charge in [-0.2, -0.15) is 16.9 Å².